The van der Waals surface area contributed by atoms with Crippen molar-refractivity contribution in [3.8, 4) is 0 Å². The monoisotopic (exact) mass is 250 g/mol. The first-order valence-electron chi connectivity index (χ1n) is 5.48. The zero-order valence-corrected chi connectivity index (χ0v) is 9.74. The van der Waals surface area contributed by atoms with Crippen molar-refractivity contribution in [3.63, 3.8) is 0 Å². The van der Waals surface area contributed by atoms with E-state index in [1.54, 1.807) is 12.3 Å². The number of halogens is 2. The Morgan fingerprint density at radius 3 is 2.72 bits per heavy atom. The van der Waals surface area contributed by atoms with Crippen LogP contribution in [0.15, 0.2) is 30.5 Å². The van der Waals surface area contributed by atoms with Crippen LogP contribution >= 0.6 is 0 Å². The fourth-order valence-corrected chi connectivity index (χ4v) is 1.39. The molecule has 6 heteroatoms. The average Bonchev–Trinajstić information content (AvgIpc) is 2.35. The molecular weight excluding hydrogens is 238 g/mol. The van der Waals surface area contributed by atoms with Gasteiger partial charge in [-0.05, 0) is 25.1 Å². The van der Waals surface area contributed by atoms with E-state index in [2.05, 4.69) is 20.6 Å². The molecular formula is C12H12F2N4. The maximum absolute atomic E-state index is 13.0. The molecule has 94 valence electrons. The van der Waals surface area contributed by atoms with E-state index in [-0.39, 0.29) is 0 Å². The lowest BCUT2D eigenvalue weighted by atomic mass is 10.3. The van der Waals surface area contributed by atoms with Gasteiger partial charge in [0.15, 0.2) is 11.6 Å². The number of nitrogens with zero attached hydrogens (tertiary/aromatic N) is 2. The highest BCUT2D eigenvalue weighted by atomic mass is 19.2. The van der Waals surface area contributed by atoms with Gasteiger partial charge in [-0.3, -0.25) is 0 Å². The van der Waals surface area contributed by atoms with Crippen LogP contribution in [0.3, 0.4) is 0 Å². The molecule has 0 spiro atoms. The minimum atomic E-state index is -0.902. The molecule has 0 unspecified atom stereocenters. The van der Waals surface area contributed by atoms with Gasteiger partial charge in [0, 0.05) is 24.5 Å². The molecule has 2 aromatic rings. The van der Waals surface area contributed by atoms with Crippen molar-refractivity contribution in [2.24, 2.45) is 0 Å². The molecule has 0 atom stereocenters. The minimum Gasteiger partial charge on any atom is -0.354 e. The lowest BCUT2D eigenvalue weighted by Crippen LogP contribution is -2.03. The van der Waals surface area contributed by atoms with Crippen molar-refractivity contribution in [1.82, 2.24) is 9.97 Å². The smallest absolute Gasteiger partial charge is 0.224 e. The maximum Gasteiger partial charge on any atom is 0.224 e. The van der Waals surface area contributed by atoms with E-state index in [0.717, 1.165) is 12.1 Å². The Balaban J connectivity index is 2.17. The summed E-state index contributed by atoms with van der Waals surface area (Å²) in [5.74, 6) is -0.797. The SMILES string of the molecule is CCNc1nccc(Nc2ccc(F)c(F)c2)n1. The highest BCUT2D eigenvalue weighted by Gasteiger charge is 2.04. The third-order valence-corrected chi connectivity index (χ3v) is 2.18. The van der Waals surface area contributed by atoms with E-state index in [1.807, 2.05) is 6.92 Å². The zero-order chi connectivity index (χ0) is 13.0. The van der Waals surface area contributed by atoms with Crippen molar-refractivity contribution in [2.45, 2.75) is 6.92 Å². The number of hydrogen-bond acceptors (Lipinski definition) is 4. The van der Waals surface area contributed by atoms with Crippen molar-refractivity contribution in [1.29, 1.82) is 0 Å². The van der Waals surface area contributed by atoms with Crippen LogP contribution in [0.25, 0.3) is 0 Å². The average molecular weight is 250 g/mol. The molecule has 0 aliphatic carbocycles. The molecule has 0 aliphatic heterocycles. The molecule has 1 aromatic heterocycles. The molecule has 4 nitrogen and oxygen atoms in total. The van der Waals surface area contributed by atoms with E-state index < -0.39 is 11.6 Å². The first kappa shape index (κ1) is 12.2. The third kappa shape index (κ3) is 2.91. The highest BCUT2D eigenvalue weighted by molar-refractivity contribution is 5.56. The van der Waals surface area contributed by atoms with Crippen LogP contribution in [0.1, 0.15) is 6.92 Å². The fraction of sp³-hybridized carbons (Fsp3) is 0.167. The summed E-state index contributed by atoms with van der Waals surface area (Å²) in [6.45, 7) is 2.63. The van der Waals surface area contributed by atoms with Gasteiger partial charge in [0.25, 0.3) is 0 Å². The van der Waals surface area contributed by atoms with Crippen molar-refractivity contribution in [3.05, 3.63) is 42.1 Å². The molecule has 2 N–H and O–H groups in total. The van der Waals surface area contributed by atoms with Gasteiger partial charge in [0.1, 0.15) is 5.82 Å². The number of hydrogen-bond donors (Lipinski definition) is 2. The second-order valence-corrected chi connectivity index (χ2v) is 3.55. The Morgan fingerprint density at radius 1 is 1.17 bits per heavy atom. The second kappa shape index (κ2) is 5.39. The maximum atomic E-state index is 13.0. The van der Waals surface area contributed by atoms with Gasteiger partial charge >= 0.3 is 0 Å². The van der Waals surface area contributed by atoms with E-state index in [1.165, 1.54) is 6.07 Å². The lowest BCUT2D eigenvalue weighted by Gasteiger charge is -2.07. The molecule has 18 heavy (non-hydrogen) atoms. The van der Waals surface area contributed by atoms with Crippen LogP contribution in [0.2, 0.25) is 0 Å². The minimum absolute atomic E-state index is 0.426. The molecule has 2 rings (SSSR count). The summed E-state index contributed by atoms with van der Waals surface area (Å²) in [6, 6.07) is 5.21. The normalized spacial score (nSPS) is 10.2. The first-order chi connectivity index (χ1) is 8.69. The predicted molar refractivity (Wildman–Crippen MR) is 65.8 cm³/mol. The Hall–Kier alpha value is -2.24. The van der Waals surface area contributed by atoms with E-state index >= 15 is 0 Å². The standard InChI is InChI=1S/C12H12F2N4/c1-2-15-12-16-6-5-11(18-12)17-8-3-4-9(13)10(14)7-8/h3-7H,2H2,1H3,(H2,15,16,17,18). The van der Waals surface area contributed by atoms with Gasteiger partial charge in [0.05, 0.1) is 0 Å². The van der Waals surface area contributed by atoms with Crippen LogP contribution in [-0.4, -0.2) is 16.5 Å². The Bertz CT molecular complexity index is 545. The summed E-state index contributed by atoms with van der Waals surface area (Å²) >= 11 is 0. The molecule has 1 aromatic carbocycles. The van der Waals surface area contributed by atoms with Crippen molar-refractivity contribution < 1.29 is 8.78 Å². The van der Waals surface area contributed by atoms with Gasteiger partial charge < -0.3 is 10.6 Å². The second-order valence-electron chi connectivity index (χ2n) is 3.55. The molecule has 0 bridgehead atoms. The zero-order valence-electron chi connectivity index (χ0n) is 9.74. The van der Waals surface area contributed by atoms with E-state index in [9.17, 15) is 8.78 Å². The number of rotatable bonds is 4. The van der Waals surface area contributed by atoms with E-state index in [4.69, 9.17) is 0 Å². The topological polar surface area (TPSA) is 49.8 Å². The largest absolute Gasteiger partial charge is 0.354 e. The van der Waals surface area contributed by atoms with Gasteiger partial charge in [-0.1, -0.05) is 0 Å². The van der Waals surface area contributed by atoms with Gasteiger partial charge in [0.2, 0.25) is 5.95 Å². The van der Waals surface area contributed by atoms with Crippen LogP contribution in [-0.2, 0) is 0 Å². The lowest BCUT2D eigenvalue weighted by molar-refractivity contribution is 0.509. The molecule has 0 saturated heterocycles. The summed E-state index contributed by atoms with van der Waals surface area (Å²) < 4.78 is 25.8. The summed E-state index contributed by atoms with van der Waals surface area (Å²) in [5, 5.41) is 5.83. The Morgan fingerprint density at radius 2 is 2.00 bits per heavy atom. The quantitative estimate of drug-likeness (QED) is 0.876. The van der Waals surface area contributed by atoms with Crippen LogP contribution in [0, 0.1) is 11.6 Å². The molecule has 0 amide bonds. The molecule has 0 radical (unpaired) electrons. The van der Waals surface area contributed by atoms with Crippen LogP contribution in [0.4, 0.5) is 26.2 Å². The van der Waals surface area contributed by atoms with E-state index in [0.29, 0.717) is 24.0 Å². The van der Waals surface area contributed by atoms with Gasteiger partial charge in [-0.25, -0.2) is 13.8 Å². The summed E-state index contributed by atoms with van der Waals surface area (Å²) in [6.07, 6.45) is 1.58. The third-order valence-electron chi connectivity index (χ3n) is 2.18. The molecule has 0 saturated carbocycles. The highest BCUT2D eigenvalue weighted by Crippen LogP contribution is 2.17. The van der Waals surface area contributed by atoms with Crippen molar-refractivity contribution >= 4 is 17.5 Å². The Labute approximate surface area is 103 Å². The number of anilines is 3. The number of nitrogens with one attached hydrogen (secondary N) is 2. The summed E-state index contributed by atoms with van der Waals surface area (Å²) in [4.78, 5) is 8.17. The Kier molecular flexibility index (Phi) is 3.66. The predicted octanol–water partition coefficient (Wildman–Crippen LogP) is 2.93. The fourth-order valence-electron chi connectivity index (χ4n) is 1.39. The summed E-state index contributed by atoms with van der Waals surface area (Å²) in [7, 11) is 0. The first-order valence-corrected chi connectivity index (χ1v) is 5.48. The summed E-state index contributed by atoms with van der Waals surface area (Å²) in [5.41, 5.74) is 0.426. The molecule has 0 aliphatic rings. The van der Waals surface area contributed by atoms with Crippen LogP contribution in [0.5, 0.6) is 0 Å². The van der Waals surface area contributed by atoms with Gasteiger partial charge in [-0.15, -0.1) is 0 Å². The molecule has 0 fully saturated rings. The number of aromatic nitrogens is 2. The van der Waals surface area contributed by atoms with Crippen LogP contribution < -0.4 is 10.6 Å². The molecule has 1 heterocycles. The van der Waals surface area contributed by atoms with Gasteiger partial charge in [-0.2, -0.15) is 4.98 Å². The number of benzene rings is 1. The van der Waals surface area contributed by atoms with Crippen molar-refractivity contribution in [2.75, 3.05) is 17.2 Å².